The molecule has 1 N–H and O–H groups in total. The van der Waals surface area contributed by atoms with Crippen LogP contribution in [0.1, 0.15) is 37.9 Å². The molecule has 0 fully saturated rings. The number of rotatable bonds is 10. The molecule has 0 aliphatic carbocycles. The Morgan fingerprint density at radius 1 is 1.13 bits per heavy atom. The zero-order chi connectivity index (χ0) is 28.1. The number of phenolic OH excluding ortho intramolecular Hbond substituents is 1. The number of hydrogen-bond acceptors (Lipinski definition) is 9. The molecule has 2 aromatic carbocycles. The Labute approximate surface area is 229 Å². The lowest BCUT2D eigenvalue weighted by Crippen LogP contribution is -2.40. The molecule has 1 aliphatic heterocycles. The van der Waals surface area contributed by atoms with Crippen LogP contribution in [0.4, 0.5) is 0 Å². The molecular formula is C29H30N2O7S. The van der Waals surface area contributed by atoms with Gasteiger partial charge in [-0.1, -0.05) is 36.1 Å². The fourth-order valence-corrected chi connectivity index (χ4v) is 5.33. The van der Waals surface area contributed by atoms with Crippen molar-refractivity contribution in [2.75, 3.05) is 26.9 Å². The largest absolute Gasteiger partial charge is 0.504 e. The van der Waals surface area contributed by atoms with Crippen molar-refractivity contribution in [1.82, 2.24) is 4.57 Å². The lowest BCUT2D eigenvalue weighted by atomic mass is 9.95. The van der Waals surface area contributed by atoms with Crippen LogP contribution < -0.4 is 29.1 Å². The van der Waals surface area contributed by atoms with Gasteiger partial charge in [0.15, 0.2) is 27.8 Å². The van der Waals surface area contributed by atoms with E-state index in [-0.39, 0.29) is 23.5 Å². The van der Waals surface area contributed by atoms with Crippen LogP contribution in [0.2, 0.25) is 0 Å². The van der Waals surface area contributed by atoms with Gasteiger partial charge in [0.1, 0.15) is 6.61 Å². The molecule has 9 nitrogen and oxygen atoms in total. The van der Waals surface area contributed by atoms with Crippen molar-refractivity contribution in [3.8, 4) is 23.0 Å². The number of ether oxygens (including phenoxy) is 4. The number of fused-ring (bicyclic) bond motifs is 1. The van der Waals surface area contributed by atoms with Gasteiger partial charge in [-0.15, -0.1) is 0 Å². The standard InChI is InChI=1S/C29H30N2O7S/c1-6-13-38-22-12-10-19(16-23(22)36-7-2)26-25(28(34)37-8-3)17(4)30-29-31(26)27(33)24(39-29)15-18-9-11-21(35-5)20(32)14-18/h6,9-12,14-16,26,32H,1,7-8,13H2,2-5H3/b24-15-/t26-/m0/s1. The molecule has 0 saturated carbocycles. The quantitative estimate of drug-likeness (QED) is 0.304. The first kappa shape index (κ1) is 27.7. The Morgan fingerprint density at radius 3 is 2.56 bits per heavy atom. The SMILES string of the molecule is C=CCOc1ccc([C@H]2C(C(=O)OCC)=C(C)N=c3s/c(=C\c4ccc(OC)c(O)c4)c(=O)n32)cc1OCC. The summed E-state index contributed by atoms with van der Waals surface area (Å²) in [7, 11) is 1.46. The number of nitrogens with zero attached hydrogens (tertiary/aromatic N) is 2. The minimum absolute atomic E-state index is 0.0421. The van der Waals surface area contributed by atoms with E-state index in [1.165, 1.54) is 29.1 Å². The molecule has 0 spiro atoms. The molecular weight excluding hydrogens is 520 g/mol. The van der Waals surface area contributed by atoms with Gasteiger partial charge in [-0.3, -0.25) is 9.36 Å². The maximum absolute atomic E-state index is 13.8. The van der Waals surface area contributed by atoms with Crippen LogP contribution in [-0.4, -0.2) is 42.6 Å². The first-order chi connectivity index (χ1) is 18.8. The molecule has 204 valence electrons. The Kier molecular flexibility index (Phi) is 8.55. The molecule has 0 bridgehead atoms. The van der Waals surface area contributed by atoms with Crippen LogP contribution in [0.15, 0.2) is 70.1 Å². The van der Waals surface area contributed by atoms with Gasteiger partial charge >= 0.3 is 5.97 Å². The van der Waals surface area contributed by atoms with Crippen molar-refractivity contribution in [3.05, 3.63) is 91.1 Å². The van der Waals surface area contributed by atoms with E-state index in [2.05, 4.69) is 11.6 Å². The third kappa shape index (κ3) is 5.61. The zero-order valence-electron chi connectivity index (χ0n) is 22.2. The van der Waals surface area contributed by atoms with E-state index in [0.717, 1.165) is 0 Å². The lowest BCUT2D eigenvalue weighted by molar-refractivity contribution is -0.139. The van der Waals surface area contributed by atoms with E-state index < -0.39 is 12.0 Å². The fourth-order valence-electron chi connectivity index (χ4n) is 4.29. The van der Waals surface area contributed by atoms with Gasteiger partial charge in [0.05, 0.1) is 42.2 Å². The average Bonchev–Trinajstić information content (AvgIpc) is 3.21. The summed E-state index contributed by atoms with van der Waals surface area (Å²) in [4.78, 5) is 32.0. The van der Waals surface area contributed by atoms with Gasteiger partial charge in [-0.25, -0.2) is 9.79 Å². The van der Waals surface area contributed by atoms with Crippen molar-refractivity contribution in [3.63, 3.8) is 0 Å². The topological polar surface area (TPSA) is 109 Å². The summed E-state index contributed by atoms with van der Waals surface area (Å²) >= 11 is 1.19. The Hall–Kier alpha value is -4.31. The van der Waals surface area contributed by atoms with Crippen molar-refractivity contribution in [2.45, 2.75) is 26.8 Å². The summed E-state index contributed by atoms with van der Waals surface area (Å²) in [6.45, 7) is 9.85. The molecule has 1 atom stereocenters. The molecule has 0 amide bonds. The normalized spacial score (nSPS) is 14.9. The van der Waals surface area contributed by atoms with Crippen molar-refractivity contribution >= 4 is 23.4 Å². The number of allylic oxidation sites excluding steroid dienone is 1. The van der Waals surface area contributed by atoms with Crippen LogP contribution in [0.5, 0.6) is 23.0 Å². The van der Waals surface area contributed by atoms with Crippen LogP contribution in [0.3, 0.4) is 0 Å². The van der Waals surface area contributed by atoms with Crippen LogP contribution in [0, 0.1) is 0 Å². The molecule has 10 heteroatoms. The van der Waals surface area contributed by atoms with Crippen LogP contribution in [-0.2, 0) is 9.53 Å². The molecule has 0 saturated heterocycles. The number of hydrogen-bond donors (Lipinski definition) is 1. The van der Waals surface area contributed by atoms with Crippen LogP contribution >= 0.6 is 11.3 Å². The molecule has 1 aliphatic rings. The van der Waals surface area contributed by atoms with Crippen LogP contribution in [0.25, 0.3) is 6.08 Å². The number of thiazole rings is 1. The molecule has 0 radical (unpaired) electrons. The second-order valence-corrected chi connectivity index (χ2v) is 9.48. The van der Waals surface area contributed by atoms with Gasteiger partial charge in [-0.2, -0.15) is 0 Å². The Bertz CT molecular complexity index is 1620. The van der Waals surface area contributed by atoms with Gasteiger partial charge in [0.2, 0.25) is 0 Å². The minimum Gasteiger partial charge on any atom is -0.504 e. The summed E-state index contributed by atoms with van der Waals surface area (Å²) in [6.07, 6.45) is 3.30. The number of benzene rings is 2. The molecule has 39 heavy (non-hydrogen) atoms. The maximum atomic E-state index is 13.8. The predicted molar refractivity (Wildman–Crippen MR) is 148 cm³/mol. The van der Waals surface area contributed by atoms with Gasteiger partial charge in [-0.05, 0) is 62.2 Å². The Balaban J connectivity index is 1.92. The number of aromatic hydroxyl groups is 1. The monoisotopic (exact) mass is 550 g/mol. The van der Waals surface area contributed by atoms with Gasteiger partial charge < -0.3 is 24.1 Å². The fraction of sp³-hybridized carbons (Fsp3) is 0.276. The van der Waals surface area contributed by atoms with Crippen molar-refractivity contribution in [1.29, 1.82) is 0 Å². The summed E-state index contributed by atoms with van der Waals surface area (Å²) in [6, 6.07) is 9.37. The highest BCUT2D eigenvalue weighted by atomic mass is 32.1. The number of methoxy groups -OCH3 is 1. The van der Waals surface area contributed by atoms with E-state index >= 15 is 0 Å². The second-order valence-electron chi connectivity index (χ2n) is 8.47. The van der Waals surface area contributed by atoms with Gasteiger partial charge in [0.25, 0.3) is 5.56 Å². The number of aromatic nitrogens is 1. The van der Waals surface area contributed by atoms with E-state index in [1.54, 1.807) is 56.3 Å². The predicted octanol–water partition coefficient (Wildman–Crippen LogP) is 3.48. The highest BCUT2D eigenvalue weighted by Crippen LogP contribution is 2.36. The van der Waals surface area contributed by atoms with E-state index in [4.69, 9.17) is 18.9 Å². The summed E-state index contributed by atoms with van der Waals surface area (Å²) in [5.74, 6) is 0.729. The third-order valence-corrected chi connectivity index (χ3v) is 6.94. The highest BCUT2D eigenvalue weighted by Gasteiger charge is 2.34. The number of carbonyl (C=O) groups is 1. The van der Waals surface area contributed by atoms with E-state index in [1.807, 2.05) is 6.92 Å². The lowest BCUT2D eigenvalue weighted by Gasteiger charge is -2.25. The summed E-state index contributed by atoms with van der Waals surface area (Å²) in [5, 5.41) is 10.2. The number of carbonyl (C=O) groups excluding carboxylic acids is 1. The van der Waals surface area contributed by atoms with Crippen molar-refractivity contribution < 1.29 is 28.8 Å². The number of esters is 1. The maximum Gasteiger partial charge on any atom is 0.338 e. The second kappa shape index (κ2) is 12.0. The highest BCUT2D eigenvalue weighted by molar-refractivity contribution is 7.07. The first-order valence-electron chi connectivity index (χ1n) is 12.4. The van der Waals surface area contributed by atoms with Crippen molar-refractivity contribution in [2.24, 2.45) is 4.99 Å². The van der Waals surface area contributed by atoms with E-state index in [0.29, 0.717) is 56.6 Å². The van der Waals surface area contributed by atoms with E-state index in [9.17, 15) is 14.7 Å². The smallest absolute Gasteiger partial charge is 0.338 e. The summed E-state index contributed by atoms with van der Waals surface area (Å²) in [5.41, 5.74) is 1.63. The third-order valence-electron chi connectivity index (χ3n) is 5.96. The molecule has 3 aromatic rings. The zero-order valence-corrected chi connectivity index (χ0v) is 23.0. The molecule has 4 rings (SSSR count). The van der Waals surface area contributed by atoms with Gasteiger partial charge in [0, 0.05) is 0 Å². The average molecular weight is 551 g/mol. The Morgan fingerprint density at radius 2 is 1.90 bits per heavy atom. The molecule has 2 heterocycles. The minimum atomic E-state index is -0.806. The summed E-state index contributed by atoms with van der Waals surface area (Å²) < 4.78 is 23.9. The first-order valence-corrected chi connectivity index (χ1v) is 13.2. The molecule has 0 unspecified atom stereocenters. The molecule has 1 aromatic heterocycles. The number of phenols is 1.